The van der Waals surface area contributed by atoms with Gasteiger partial charge in [-0.15, -0.1) is 0 Å². The SMILES string of the molecule is COc1cccc(CCOc2ccc([C@@H]3CC[C@H](COP(=O)(O)O)C3)cc2)c1. The fourth-order valence-corrected chi connectivity index (χ4v) is 4.09. The summed E-state index contributed by atoms with van der Waals surface area (Å²) >= 11 is 0. The van der Waals surface area contributed by atoms with Crippen molar-refractivity contribution < 1.29 is 28.3 Å². The zero-order valence-corrected chi connectivity index (χ0v) is 16.9. The Balaban J connectivity index is 1.45. The van der Waals surface area contributed by atoms with E-state index in [1.807, 2.05) is 30.3 Å². The topological polar surface area (TPSA) is 85.2 Å². The van der Waals surface area contributed by atoms with E-state index in [2.05, 4.69) is 22.7 Å². The van der Waals surface area contributed by atoms with Gasteiger partial charge in [0.05, 0.1) is 20.3 Å². The van der Waals surface area contributed by atoms with Crippen LogP contribution in [0.15, 0.2) is 48.5 Å². The summed E-state index contributed by atoms with van der Waals surface area (Å²) in [6.45, 7) is 0.712. The Morgan fingerprint density at radius 1 is 1.07 bits per heavy atom. The largest absolute Gasteiger partial charge is 0.497 e. The molecule has 3 rings (SSSR count). The number of benzene rings is 2. The van der Waals surface area contributed by atoms with E-state index in [4.69, 9.17) is 19.3 Å². The van der Waals surface area contributed by atoms with Gasteiger partial charge in [-0.1, -0.05) is 24.3 Å². The number of ether oxygens (including phenoxy) is 2. The monoisotopic (exact) mass is 406 g/mol. The van der Waals surface area contributed by atoms with Crippen LogP contribution in [0.1, 0.15) is 36.3 Å². The van der Waals surface area contributed by atoms with Crippen molar-refractivity contribution in [3.8, 4) is 11.5 Å². The molecule has 0 aromatic heterocycles. The lowest BCUT2D eigenvalue weighted by Gasteiger charge is -2.13. The van der Waals surface area contributed by atoms with E-state index >= 15 is 0 Å². The maximum Gasteiger partial charge on any atom is 0.469 e. The predicted octanol–water partition coefficient (Wildman–Crippen LogP) is 4.31. The summed E-state index contributed by atoms with van der Waals surface area (Å²) in [5, 5.41) is 0. The standard InChI is InChI=1S/C21H27O6P/c1-25-21-4-2-3-16(14-21)11-12-26-20-9-7-18(8-10-20)19-6-5-17(13-19)15-27-28(22,23)24/h2-4,7-10,14,17,19H,5-6,11-13,15H2,1H3,(H2,22,23,24)/t17-,19+/m0/s1. The molecule has 0 heterocycles. The highest BCUT2D eigenvalue weighted by Gasteiger charge is 2.28. The Morgan fingerprint density at radius 2 is 1.86 bits per heavy atom. The first-order valence-corrected chi connectivity index (χ1v) is 11.0. The third-order valence-corrected chi connectivity index (χ3v) is 5.65. The quantitative estimate of drug-likeness (QED) is 0.604. The van der Waals surface area contributed by atoms with E-state index in [-0.39, 0.29) is 12.5 Å². The van der Waals surface area contributed by atoms with E-state index in [1.165, 1.54) is 11.1 Å². The highest BCUT2D eigenvalue weighted by molar-refractivity contribution is 7.46. The first-order valence-electron chi connectivity index (χ1n) is 9.49. The van der Waals surface area contributed by atoms with Crippen LogP contribution in [-0.2, 0) is 15.5 Å². The van der Waals surface area contributed by atoms with Crippen molar-refractivity contribution >= 4 is 7.82 Å². The van der Waals surface area contributed by atoms with Crippen LogP contribution in [0.5, 0.6) is 11.5 Å². The van der Waals surface area contributed by atoms with Gasteiger partial charge in [-0.2, -0.15) is 0 Å². The molecule has 1 aliphatic carbocycles. The molecule has 1 fully saturated rings. The maximum atomic E-state index is 10.8. The molecular weight excluding hydrogens is 379 g/mol. The van der Waals surface area contributed by atoms with Crippen molar-refractivity contribution in [2.75, 3.05) is 20.3 Å². The smallest absolute Gasteiger partial charge is 0.469 e. The van der Waals surface area contributed by atoms with Crippen molar-refractivity contribution in [2.24, 2.45) is 5.92 Å². The summed E-state index contributed by atoms with van der Waals surface area (Å²) in [4.78, 5) is 17.7. The summed E-state index contributed by atoms with van der Waals surface area (Å²) < 4.78 is 26.6. The van der Waals surface area contributed by atoms with Crippen LogP contribution in [0, 0.1) is 5.92 Å². The Bertz CT molecular complexity index is 801. The molecular formula is C21H27O6P. The molecule has 2 aromatic carbocycles. The first-order chi connectivity index (χ1) is 13.4. The van der Waals surface area contributed by atoms with E-state index in [0.717, 1.165) is 37.2 Å². The Kier molecular flexibility index (Phi) is 7.13. The summed E-state index contributed by atoms with van der Waals surface area (Å²) in [6, 6.07) is 16.1. The molecule has 0 bridgehead atoms. The van der Waals surface area contributed by atoms with Gasteiger partial charge in [0.25, 0.3) is 0 Å². The second-order valence-electron chi connectivity index (χ2n) is 7.18. The molecule has 7 heteroatoms. The molecule has 2 aromatic rings. The molecule has 2 N–H and O–H groups in total. The number of phosphoric acid groups is 1. The molecule has 0 unspecified atom stereocenters. The lowest BCUT2D eigenvalue weighted by molar-refractivity contribution is 0.168. The highest BCUT2D eigenvalue weighted by atomic mass is 31.2. The average molecular weight is 406 g/mol. The van der Waals surface area contributed by atoms with Gasteiger partial charge < -0.3 is 19.3 Å². The van der Waals surface area contributed by atoms with Crippen molar-refractivity contribution in [1.29, 1.82) is 0 Å². The number of methoxy groups -OCH3 is 1. The fourth-order valence-electron chi connectivity index (χ4n) is 3.68. The number of hydrogen-bond donors (Lipinski definition) is 2. The minimum Gasteiger partial charge on any atom is -0.497 e. The summed E-state index contributed by atoms with van der Waals surface area (Å²) in [5.41, 5.74) is 2.41. The van der Waals surface area contributed by atoms with Gasteiger partial charge in [0.1, 0.15) is 11.5 Å². The molecule has 0 saturated heterocycles. The van der Waals surface area contributed by atoms with Crippen LogP contribution in [0.2, 0.25) is 0 Å². The highest BCUT2D eigenvalue weighted by Crippen LogP contribution is 2.42. The summed E-state index contributed by atoms with van der Waals surface area (Å²) in [6.07, 6.45) is 3.62. The second-order valence-corrected chi connectivity index (χ2v) is 8.42. The van der Waals surface area contributed by atoms with Crippen LogP contribution in [-0.4, -0.2) is 30.1 Å². The molecule has 0 radical (unpaired) electrons. The maximum absolute atomic E-state index is 10.8. The minimum absolute atomic E-state index is 0.117. The number of rotatable bonds is 9. The average Bonchev–Trinajstić information content (AvgIpc) is 3.16. The van der Waals surface area contributed by atoms with Gasteiger partial charge in [0, 0.05) is 6.42 Å². The molecule has 1 aliphatic rings. The van der Waals surface area contributed by atoms with E-state index in [0.29, 0.717) is 12.5 Å². The van der Waals surface area contributed by atoms with Gasteiger partial charge in [-0.3, -0.25) is 4.52 Å². The van der Waals surface area contributed by atoms with E-state index in [1.54, 1.807) is 7.11 Å². The summed E-state index contributed by atoms with van der Waals surface area (Å²) in [7, 11) is -2.72. The minimum atomic E-state index is -4.38. The third-order valence-electron chi connectivity index (χ3n) is 5.16. The van der Waals surface area contributed by atoms with Gasteiger partial charge in [-0.25, -0.2) is 4.57 Å². The van der Waals surface area contributed by atoms with Crippen LogP contribution in [0.3, 0.4) is 0 Å². The number of hydrogen-bond acceptors (Lipinski definition) is 4. The fraction of sp³-hybridized carbons (Fsp3) is 0.429. The van der Waals surface area contributed by atoms with Crippen LogP contribution >= 0.6 is 7.82 Å². The Labute approximate surface area is 165 Å². The molecule has 152 valence electrons. The Morgan fingerprint density at radius 3 is 2.57 bits per heavy atom. The van der Waals surface area contributed by atoms with Gasteiger partial charge in [0.2, 0.25) is 0 Å². The van der Waals surface area contributed by atoms with Crippen LogP contribution < -0.4 is 9.47 Å². The second kappa shape index (κ2) is 9.57. The molecule has 6 nitrogen and oxygen atoms in total. The normalized spacial score (nSPS) is 19.5. The van der Waals surface area contributed by atoms with Crippen molar-refractivity contribution in [1.82, 2.24) is 0 Å². The van der Waals surface area contributed by atoms with Crippen molar-refractivity contribution in [3.05, 3.63) is 59.7 Å². The summed E-state index contributed by atoms with van der Waals surface area (Å²) in [5.74, 6) is 2.28. The number of phosphoric ester groups is 1. The zero-order valence-electron chi connectivity index (χ0n) is 16.0. The van der Waals surface area contributed by atoms with E-state index < -0.39 is 7.82 Å². The predicted molar refractivity (Wildman–Crippen MR) is 107 cm³/mol. The van der Waals surface area contributed by atoms with Gasteiger partial charge >= 0.3 is 7.82 Å². The van der Waals surface area contributed by atoms with Gasteiger partial charge in [0.15, 0.2) is 0 Å². The lowest BCUT2D eigenvalue weighted by Crippen LogP contribution is -2.05. The van der Waals surface area contributed by atoms with E-state index in [9.17, 15) is 4.57 Å². The van der Waals surface area contributed by atoms with Crippen LogP contribution in [0.25, 0.3) is 0 Å². The zero-order chi connectivity index (χ0) is 20.0. The molecule has 0 aliphatic heterocycles. The first kappa shape index (κ1) is 20.9. The third kappa shape index (κ3) is 6.35. The van der Waals surface area contributed by atoms with Crippen molar-refractivity contribution in [2.45, 2.75) is 31.6 Å². The molecule has 2 atom stereocenters. The molecule has 0 spiro atoms. The Hall–Kier alpha value is -1.85. The molecule has 28 heavy (non-hydrogen) atoms. The molecule has 0 amide bonds. The van der Waals surface area contributed by atoms with Crippen LogP contribution in [0.4, 0.5) is 0 Å². The van der Waals surface area contributed by atoms with Gasteiger partial charge in [-0.05, 0) is 66.5 Å². The van der Waals surface area contributed by atoms with Crippen molar-refractivity contribution in [3.63, 3.8) is 0 Å². The lowest BCUT2D eigenvalue weighted by atomic mass is 9.96. The molecule has 1 saturated carbocycles.